The summed E-state index contributed by atoms with van der Waals surface area (Å²) in [6, 6.07) is 2.13. The number of aromatic nitrogens is 2. The van der Waals surface area contributed by atoms with Gasteiger partial charge in [0.15, 0.2) is 0 Å². The third-order valence-corrected chi connectivity index (χ3v) is 4.40. The van der Waals surface area contributed by atoms with Crippen molar-refractivity contribution in [2.45, 2.75) is 57.8 Å². The van der Waals surface area contributed by atoms with E-state index in [1.165, 1.54) is 41.4 Å². The first-order valence-electron chi connectivity index (χ1n) is 7.95. The molecule has 0 bridgehead atoms. The first-order chi connectivity index (χ1) is 10.3. The summed E-state index contributed by atoms with van der Waals surface area (Å²) in [6.45, 7) is 0. The van der Waals surface area contributed by atoms with Gasteiger partial charge in [-0.2, -0.15) is 0 Å². The molecule has 0 aromatic carbocycles. The molecule has 2 N–H and O–H groups in total. The molecule has 3 rings (SSSR count). The molecule has 112 valence electrons. The average Bonchev–Trinajstić information content (AvgIpc) is 2.86. The lowest BCUT2D eigenvalue weighted by molar-refractivity contribution is -0.137. The van der Waals surface area contributed by atoms with E-state index in [1.54, 1.807) is 0 Å². The monoisotopic (exact) mass is 286 g/mol. The number of hydrogen-bond donors (Lipinski definition) is 2. The lowest BCUT2D eigenvalue weighted by Gasteiger charge is -2.10. The first kappa shape index (κ1) is 14.1. The summed E-state index contributed by atoms with van der Waals surface area (Å²) < 4.78 is 0. The van der Waals surface area contributed by atoms with Crippen LogP contribution < -0.4 is 0 Å². The van der Waals surface area contributed by atoms with Crippen LogP contribution in [0.15, 0.2) is 12.3 Å². The number of carboxylic acids is 1. The van der Waals surface area contributed by atoms with Crippen LogP contribution in [0.2, 0.25) is 0 Å². The van der Waals surface area contributed by atoms with Crippen molar-refractivity contribution in [3.8, 4) is 0 Å². The summed E-state index contributed by atoms with van der Waals surface area (Å²) in [5, 5.41) is 9.99. The van der Waals surface area contributed by atoms with Crippen LogP contribution in [0.3, 0.4) is 0 Å². The minimum absolute atomic E-state index is 0.272. The van der Waals surface area contributed by atoms with Gasteiger partial charge in [-0.25, -0.2) is 0 Å². The van der Waals surface area contributed by atoms with Gasteiger partial charge in [-0.15, -0.1) is 0 Å². The van der Waals surface area contributed by atoms with Crippen LogP contribution in [0, 0.1) is 0 Å². The molecule has 0 spiro atoms. The molecular formula is C17H22N2O2. The van der Waals surface area contributed by atoms with Gasteiger partial charge in [0.1, 0.15) is 0 Å². The van der Waals surface area contributed by atoms with E-state index < -0.39 is 5.97 Å². The quantitative estimate of drug-likeness (QED) is 0.797. The molecule has 0 saturated heterocycles. The molecule has 2 aromatic heterocycles. The summed E-state index contributed by atoms with van der Waals surface area (Å²) in [5.41, 5.74) is 5.24. The number of carboxylic acid groups (broad SMARTS) is 1. The number of fused-ring (bicyclic) bond motifs is 3. The standard InChI is InChI=1S/C17H22N2O2/c20-16(21)9-3-1-2-8-15-17-13(10-11-18-15)12-6-4-5-7-14(12)19-17/h10-11,19H,1-9H2,(H,20,21). The van der Waals surface area contributed by atoms with Gasteiger partial charge < -0.3 is 10.1 Å². The van der Waals surface area contributed by atoms with Crippen molar-refractivity contribution < 1.29 is 9.90 Å². The third-order valence-electron chi connectivity index (χ3n) is 4.40. The highest BCUT2D eigenvalue weighted by molar-refractivity contribution is 5.86. The number of aryl methyl sites for hydroxylation is 3. The normalized spacial score (nSPS) is 14.3. The van der Waals surface area contributed by atoms with Crippen molar-refractivity contribution in [2.75, 3.05) is 0 Å². The molecular weight excluding hydrogens is 264 g/mol. The van der Waals surface area contributed by atoms with Crippen molar-refractivity contribution in [3.63, 3.8) is 0 Å². The molecule has 0 radical (unpaired) electrons. The Hall–Kier alpha value is -1.84. The number of H-pyrrole nitrogens is 1. The number of aliphatic carboxylic acids is 1. The smallest absolute Gasteiger partial charge is 0.303 e. The third kappa shape index (κ3) is 3.09. The van der Waals surface area contributed by atoms with Gasteiger partial charge in [0.2, 0.25) is 0 Å². The van der Waals surface area contributed by atoms with E-state index in [0.717, 1.165) is 37.8 Å². The highest BCUT2D eigenvalue weighted by atomic mass is 16.4. The molecule has 0 aliphatic heterocycles. The molecule has 0 amide bonds. The van der Waals surface area contributed by atoms with Crippen molar-refractivity contribution in [1.82, 2.24) is 9.97 Å². The molecule has 1 aliphatic rings. The fourth-order valence-electron chi connectivity index (χ4n) is 3.32. The summed E-state index contributed by atoms with van der Waals surface area (Å²) in [5.74, 6) is -0.702. The fraction of sp³-hybridized carbons (Fsp3) is 0.529. The predicted molar refractivity (Wildman–Crippen MR) is 82.5 cm³/mol. The maximum Gasteiger partial charge on any atom is 0.303 e. The van der Waals surface area contributed by atoms with Crippen LogP contribution in [0.4, 0.5) is 0 Å². The summed E-state index contributed by atoms with van der Waals surface area (Å²) in [6.07, 6.45) is 10.7. The maximum absolute atomic E-state index is 10.5. The Morgan fingerprint density at radius 3 is 2.95 bits per heavy atom. The molecule has 0 atom stereocenters. The van der Waals surface area contributed by atoms with E-state index in [1.807, 2.05) is 6.20 Å². The van der Waals surface area contributed by atoms with Crippen LogP contribution >= 0.6 is 0 Å². The van der Waals surface area contributed by atoms with E-state index in [9.17, 15) is 4.79 Å². The minimum Gasteiger partial charge on any atom is -0.481 e. The van der Waals surface area contributed by atoms with Crippen molar-refractivity contribution in [1.29, 1.82) is 0 Å². The van der Waals surface area contributed by atoms with E-state index in [2.05, 4.69) is 16.0 Å². The lowest BCUT2D eigenvalue weighted by atomic mass is 9.96. The van der Waals surface area contributed by atoms with E-state index >= 15 is 0 Å². The van der Waals surface area contributed by atoms with Crippen molar-refractivity contribution in [2.24, 2.45) is 0 Å². The second-order valence-electron chi connectivity index (χ2n) is 5.92. The number of nitrogens with zero attached hydrogens (tertiary/aromatic N) is 1. The molecule has 0 saturated carbocycles. The Morgan fingerprint density at radius 1 is 1.24 bits per heavy atom. The number of pyridine rings is 1. The highest BCUT2D eigenvalue weighted by Gasteiger charge is 2.17. The Kier molecular flexibility index (Phi) is 4.23. The number of rotatable bonds is 6. The van der Waals surface area contributed by atoms with E-state index in [0.29, 0.717) is 0 Å². The molecule has 0 fully saturated rings. The second kappa shape index (κ2) is 6.29. The van der Waals surface area contributed by atoms with E-state index in [-0.39, 0.29) is 6.42 Å². The Labute approximate surface area is 124 Å². The molecule has 4 heteroatoms. The fourth-order valence-corrected chi connectivity index (χ4v) is 3.32. The van der Waals surface area contributed by atoms with Gasteiger partial charge >= 0.3 is 5.97 Å². The number of unbranched alkanes of at least 4 members (excludes halogenated alkanes) is 2. The van der Waals surface area contributed by atoms with E-state index in [4.69, 9.17) is 5.11 Å². The van der Waals surface area contributed by atoms with Crippen LogP contribution in [-0.4, -0.2) is 21.0 Å². The van der Waals surface area contributed by atoms with Gasteiger partial charge in [0.25, 0.3) is 0 Å². The molecule has 4 nitrogen and oxygen atoms in total. The molecule has 1 aliphatic carbocycles. The largest absolute Gasteiger partial charge is 0.481 e. The van der Waals surface area contributed by atoms with Crippen LogP contribution in [0.5, 0.6) is 0 Å². The van der Waals surface area contributed by atoms with Crippen LogP contribution in [0.1, 0.15) is 55.5 Å². The highest BCUT2D eigenvalue weighted by Crippen LogP contribution is 2.30. The van der Waals surface area contributed by atoms with Crippen LogP contribution in [0.25, 0.3) is 10.9 Å². The number of aromatic amines is 1. The SMILES string of the molecule is O=C(O)CCCCCc1nccc2c3c([nH]c12)CCCC3. The van der Waals surface area contributed by atoms with Gasteiger partial charge in [-0.1, -0.05) is 6.42 Å². The number of carbonyl (C=O) groups is 1. The molecule has 2 heterocycles. The number of hydrogen-bond acceptors (Lipinski definition) is 2. The first-order valence-corrected chi connectivity index (χ1v) is 7.95. The van der Waals surface area contributed by atoms with Crippen LogP contribution in [-0.2, 0) is 24.1 Å². The van der Waals surface area contributed by atoms with Gasteiger partial charge in [0.05, 0.1) is 11.2 Å². The van der Waals surface area contributed by atoms with Crippen molar-refractivity contribution in [3.05, 3.63) is 29.2 Å². The predicted octanol–water partition coefficient (Wildman–Crippen LogP) is 3.63. The molecule has 2 aromatic rings. The Bertz CT molecular complexity index is 646. The van der Waals surface area contributed by atoms with Gasteiger partial charge in [-0.05, 0) is 56.6 Å². The lowest BCUT2D eigenvalue weighted by Crippen LogP contribution is -1.99. The summed E-state index contributed by atoms with van der Waals surface area (Å²) in [7, 11) is 0. The van der Waals surface area contributed by atoms with Gasteiger partial charge in [-0.3, -0.25) is 9.78 Å². The Balaban J connectivity index is 1.71. The zero-order valence-corrected chi connectivity index (χ0v) is 12.3. The topological polar surface area (TPSA) is 66.0 Å². The second-order valence-corrected chi connectivity index (χ2v) is 5.92. The van der Waals surface area contributed by atoms with Gasteiger partial charge in [0, 0.05) is 23.7 Å². The molecule has 21 heavy (non-hydrogen) atoms. The summed E-state index contributed by atoms with van der Waals surface area (Å²) >= 11 is 0. The summed E-state index contributed by atoms with van der Waals surface area (Å²) in [4.78, 5) is 18.6. The number of nitrogens with one attached hydrogen (secondary N) is 1. The minimum atomic E-state index is -0.702. The zero-order valence-electron chi connectivity index (χ0n) is 12.3. The van der Waals surface area contributed by atoms with Crippen molar-refractivity contribution >= 4 is 16.9 Å². The zero-order chi connectivity index (χ0) is 14.7. The Morgan fingerprint density at radius 2 is 2.10 bits per heavy atom. The maximum atomic E-state index is 10.5. The average molecular weight is 286 g/mol. The molecule has 0 unspecified atom stereocenters.